The van der Waals surface area contributed by atoms with Crippen LogP contribution in [0.2, 0.25) is 0 Å². The molecule has 0 saturated heterocycles. The second-order valence-electron chi connectivity index (χ2n) is 4.35. The molecule has 2 aromatic rings. The van der Waals surface area contributed by atoms with Crippen LogP contribution in [0.15, 0.2) is 30.5 Å². The molecule has 7 heteroatoms. The van der Waals surface area contributed by atoms with Crippen molar-refractivity contribution in [3.8, 4) is 5.75 Å². The third-order valence-electron chi connectivity index (χ3n) is 2.71. The molecule has 4 N–H and O–H groups in total. The number of carbonyl (C=O) groups excluding carboxylic acids is 1. The Hall–Kier alpha value is -2.41. The number of rotatable bonds is 6. The maximum atomic E-state index is 12.2. The molecular weight excluding hydrogens is 288 g/mol. The van der Waals surface area contributed by atoms with Crippen LogP contribution in [0.25, 0.3) is 0 Å². The lowest BCUT2D eigenvalue weighted by Crippen LogP contribution is -2.17. The van der Waals surface area contributed by atoms with E-state index in [9.17, 15) is 4.79 Å². The summed E-state index contributed by atoms with van der Waals surface area (Å²) in [6, 6.07) is 6.96. The van der Waals surface area contributed by atoms with Crippen molar-refractivity contribution in [1.82, 2.24) is 10.2 Å². The highest BCUT2D eigenvalue weighted by molar-refractivity contribution is 7.80. The Balaban J connectivity index is 2.13. The summed E-state index contributed by atoms with van der Waals surface area (Å²) in [5.41, 5.74) is 6.53. The number of ether oxygens (including phenoxy) is 1. The average molecular weight is 304 g/mol. The van der Waals surface area contributed by atoms with Crippen molar-refractivity contribution >= 4 is 28.9 Å². The second kappa shape index (κ2) is 6.85. The minimum absolute atomic E-state index is 0.166. The van der Waals surface area contributed by atoms with Gasteiger partial charge in [-0.2, -0.15) is 5.10 Å². The molecule has 0 aliphatic heterocycles. The Kier molecular flexibility index (Phi) is 4.89. The zero-order chi connectivity index (χ0) is 15.2. The number of nitrogens with one attached hydrogen (secondary N) is 2. The van der Waals surface area contributed by atoms with Crippen molar-refractivity contribution in [3.63, 3.8) is 0 Å². The Morgan fingerprint density at radius 1 is 1.52 bits per heavy atom. The van der Waals surface area contributed by atoms with Crippen LogP contribution in [0.3, 0.4) is 0 Å². The number of nitrogens with zero attached hydrogens (tertiary/aromatic N) is 1. The van der Waals surface area contributed by atoms with Crippen LogP contribution in [0.5, 0.6) is 5.75 Å². The van der Waals surface area contributed by atoms with Crippen LogP contribution >= 0.6 is 12.2 Å². The van der Waals surface area contributed by atoms with Gasteiger partial charge >= 0.3 is 0 Å². The largest absolute Gasteiger partial charge is 0.494 e. The van der Waals surface area contributed by atoms with Crippen LogP contribution in [0, 0.1) is 0 Å². The summed E-state index contributed by atoms with van der Waals surface area (Å²) in [5.74, 6) is 0.745. The van der Waals surface area contributed by atoms with E-state index in [1.165, 1.54) is 6.20 Å². The first-order valence-electron chi connectivity index (χ1n) is 6.49. The fourth-order valence-electron chi connectivity index (χ4n) is 1.70. The van der Waals surface area contributed by atoms with Gasteiger partial charge in [0.25, 0.3) is 5.91 Å². The molecule has 6 nitrogen and oxygen atoms in total. The molecule has 1 aromatic heterocycles. The zero-order valence-electron chi connectivity index (χ0n) is 11.6. The lowest BCUT2D eigenvalue weighted by atomic mass is 10.2. The molecule has 0 spiro atoms. The molecule has 1 aromatic carbocycles. The van der Waals surface area contributed by atoms with E-state index in [1.807, 2.05) is 13.0 Å². The van der Waals surface area contributed by atoms with Crippen molar-refractivity contribution in [3.05, 3.63) is 41.6 Å². The molecule has 0 aliphatic rings. The van der Waals surface area contributed by atoms with Crippen LogP contribution < -0.4 is 15.8 Å². The topological polar surface area (TPSA) is 93.0 Å². The van der Waals surface area contributed by atoms with E-state index in [0.29, 0.717) is 29.3 Å². The highest BCUT2D eigenvalue weighted by atomic mass is 32.1. The summed E-state index contributed by atoms with van der Waals surface area (Å²) in [6.07, 6.45) is 2.38. The van der Waals surface area contributed by atoms with Gasteiger partial charge in [0, 0.05) is 5.56 Å². The Morgan fingerprint density at radius 2 is 2.33 bits per heavy atom. The minimum atomic E-state index is -0.293. The van der Waals surface area contributed by atoms with E-state index in [1.54, 1.807) is 18.2 Å². The number of anilines is 1. The van der Waals surface area contributed by atoms with Gasteiger partial charge in [-0.15, -0.1) is 0 Å². The van der Waals surface area contributed by atoms with Crippen molar-refractivity contribution in [2.24, 2.45) is 5.73 Å². The number of hydrogen-bond donors (Lipinski definition) is 3. The maximum Gasteiger partial charge on any atom is 0.256 e. The van der Waals surface area contributed by atoms with E-state index in [4.69, 9.17) is 22.7 Å². The van der Waals surface area contributed by atoms with Crippen LogP contribution in [-0.4, -0.2) is 27.7 Å². The second-order valence-corrected chi connectivity index (χ2v) is 4.79. The monoisotopic (exact) mass is 304 g/mol. The molecule has 0 aliphatic carbocycles. The third-order valence-corrected chi connectivity index (χ3v) is 2.93. The van der Waals surface area contributed by atoms with E-state index in [-0.39, 0.29) is 10.9 Å². The molecule has 0 radical (unpaired) electrons. The predicted molar refractivity (Wildman–Crippen MR) is 84.7 cm³/mol. The molecular formula is C14H16N4O2S. The molecule has 0 fully saturated rings. The molecule has 0 atom stereocenters. The van der Waals surface area contributed by atoms with Gasteiger partial charge < -0.3 is 15.8 Å². The van der Waals surface area contributed by atoms with Gasteiger partial charge in [0.2, 0.25) is 0 Å². The number of amides is 1. The highest BCUT2D eigenvalue weighted by Crippen LogP contribution is 2.16. The van der Waals surface area contributed by atoms with Gasteiger partial charge in [0.05, 0.1) is 18.4 Å². The smallest absolute Gasteiger partial charge is 0.256 e. The predicted octanol–water partition coefficient (Wildman–Crippen LogP) is 2.08. The molecule has 2 rings (SSSR count). The lowest BCUT2D eigenvalue weighted by molar-refractivity contribution is 0.102. The number of aromatic amines is 1. The van der Waals surface area contributed by atoms with Gasteiger partial charge in [-0.05, 0) is 24.6 Å². The lowest BCUT2D eigenvalue weighted by Gasteiger charge is -2.08. The quantitative estimate of drug-likeness (QED) is 0.711. The summed E-state index contributed by atoms with van der Waals surface area (Å²) in [5, 5.41) is 9.16. The van der Waals surface area contributed by atoms with Crippen LogP contribution in [-0.2, 0) is 0 Å². The van der Waals surface area contributed by atoms with E-state index >= 15 is 0 Å². The zero-order valence-corrected chi connectivity index (χ0v) is 12.4. The Labute approximate surface area is 127 Å². The molecule has 0 bridgehead atoms. The summed E-state index contributed by atoms with van der Waals surface area (Å²) >= 11 is 4.89. The average Bonchev–Trinajstić information content (AvgIpc) is 2.93. The number of thiocarbonyl (C=S) groups is 1. The van der Waals surface area contributed by atoms with E-state index in [2.05, 4.69) is 15.5 Å². The van der Waals surface area contributed by atoms with Crippen molar-refractivity contribution in [2.75, 3.05) is 11.9 Å². The number of H-pyrrole nitrogens is 1. The number of nitrogens with two attached hydrogens (primary N) is 1. The summed E-state index contributed by atoms with van der Waals surface area (Å²) in [4.78, 5) is 12.4. The van der Waals surface area contributed by atoms with Gasteiger partial charge in [-0.3, -0.25) is 9.89 Å². The number of aromatic nitrogens is 2. The Bertz CT molecular complexity index is 654. The van der Waals surface area contributed by atoms with Crippen molar-refractivity contribution in [1.29, 1.82) is 0 Å². The van der Waals surface area contributed by atoms with E-state index in [0.717, 1.165) is 6.42 Å². The molecule has 1 heterocycles. The fourth-order valence-corrected chi connectivity index (χ4v) is 1.86. The first-order valence-corrected chi connectivity index (χ1v) is 6.90. The fraction of sp³-hybridized carbons (Fsp3) is 0.214. The summed E-state index contributed by atoms with van der Waals surface area (Å²) in [7, 11) is 0. The standard InChI is InChI=1S/C14H16N4O2S/c1-2-6-20-10-5-3-4-9(7-10)14(19)17-13-11(12(15)21)8-16-18-13/h3-5,7-8H,2,6H2,1H3,(H2,15,21)(H2,16,17,18,19). The van der Waals surface area contributed by atoms with E-state index < -0.39 is 0 Å². The normalized spacial score (nSPS) is 10.1. The molecule has 0 unspecified atom stereocenters. The number of hydrogen-bond acceptors (Lipinski definition) is 4. The molecule has 1 amide bonds. The van der Waals surface area contributed by atoms with Crippen LogP contribution in [0.1, 0.15) is 29.3 Å². The number of benzene rings is 1. The third kappa shape index (κ3) is 3.79. The van der Waals surface area contributed by atoms with Crippen LogP contribution in [0.4, 0.5) is 5.82 Å². The maximum absolute atomic E-state index is 12.2. The van der Waals surface area contributed by atoms with Gasteiger partial charge in [-0.1, -0.05) is 25.2 Å². The molecule has 110 valence electrons. The first kappa shape index (κ1) is 15.0. The van der Waals surface area contributed by atoms with Crippen molar-refractivity contribution < 1.29 is 9.53 Å². The SMILES string of the molecule is CCCOc1cccc(C(=O)Nc2[nH]ncc2C(N)=S)c1. The molecule has 21 heavy (non-hydrogen) atoms. The summed E-state index contributed by atoms with van der Waals surface area (Å²) in [6.45, 7) is 2.63. The molecule has 0 saturated carbocycles. The van der Waals surface area contributed by atoms with Gasteiger partial charge in [-0.25, -0.2) is 0 Å². The van der Waals surface area contributed by atoms with Crippen molar-refractivity contribution in [2.45, 2.75) is 13.3 Å². The summed E-state index contributed by atoms with van der Waals surface area (Å²) < 4.78 is 5.50. The Morgan fingerprint density at radius 3 is 3.05 bits per heavy atom. The highest BCUT2D eigenvalue weighted by Gasteiger charge is 2.13. The first-order chi connectivity index (χ1) is 10.1. The minimum Gasteiger partial charge on any atom is -0.494 e. The van der Waals surface area contributed by atoms with Gasteiger partial charge in [0.15, 0.2) is 0 Å². The number of carbonyl (C=O) groups is 1. The van der Waals surface area contributed by atoms with Gasteiger partial charge in [0.1, 0.15) is 16.6 Å².